The minimum Gasteiger partial charge on any atom is -0.478 e. The Kier molecular flexibility index (Phi) is 2.76. The molecule has 0 aliphatic rings. The first-order chi connectivity index (χ1) is 9.24. The monoisotopic (exact) mass is 252 g/mol. The maximum atomic E-state index is 10.8. The molecule has 4 heteroatoms. The second kappa shape index (κ2) is 4.57. The number of carboxylic acids is 1. The van der Waals surface area contributed by atoms with Crippen molar-refractivity contribution in [2.45, 2.75) is 6.42 Å². The second-order valence-electron chi connectivity index (χ2n) is 4.39. The molecule has 0 saturated carbocycles. The number of hydrogen-bond donors (Lipinski definition) is 2. The van der Waals surface area contributed by atoms with Gasteiger partial charge in [0.05, 0.1) is 5.56 Å². The predicted molar refractivity (Wildman–Crippen MR) is 72.3 cm³/mol. The van der Waals surface area contributed by atoms with E-state index in [0.717, 1.165) is 28.6 Å². The molecule has 0 saturated heterocycles. The van der Waals surface area contributed by atoms with Gasteiger partial charge in [-0.05, 0) is 41.8 Å². The number of rotatable bonds is 3. The van der Waals surface area contributed by atoms with Gasteiger partial charge in [0, 0.05) is 17.8 Å². The van der Waals surface area contributed by atoms with Gasteiger partial charge in [0.1, 0.15) is 5.65 Å². The van der Waals surface area contributed by atoms with E-state index in [9.17, 15) is 4.79 Å². The first kappa shape index (κ1) is 11.5. The Labute approximate surface area is 109 Å². The van der Waals surface area contributed by atoms with Gasteiger partial charge < -0.3 is 10.1 Å². The van der Waals surface area contributed by atoms with Crippen molar-refractivity contribution in [2.24, 2.45) is 0 Å². The Hall–Kier alpha value is -2.62. The lowest BCUT2D eigenvalue weighted by atomic mass is 10.0. The first-order valence-electron chi connectivity index (χ1n) is 5.97. The van der Waals surface area contributed by atoms with Crippen LogP contribution >= 0.6 is 0 Å². The Balaban J connectivity index is 1.90. The summed E-state index contributed by atoms with van der Waals surface area (Å²) in [5.74, 6) is -0.900. The molecule has 4 nitrogen and oxygen atoms in total. The summed E-state index contributed by atoms with van der Waals surface area (Å²) in [6.07, 6.45) is 4.46. The zero-order valence-corrected chi connectivity index (χ0v) is 10.1. The lowest BCUT2D eigenvalue weighted by molar-refractivity contribution is 0.0697. The molecule has 2 N–H and O–H groups in total. The summed E-state index contributed by atoms with van der Waals surface area (Å²) in [5, 5.41) is 9.96. The van der Waals surface area contributed by atoms with E-state index >= 15 is 0 Å². The highest BCUT2D eigenvalue weighted by Crippen LogP contribution is 2.19. The Morgan fingerprint density at radius 2 is 2.00 bits per heavy atom. The van der Waals surface area contributed by atoms with Crippen molar-refractivity contribution >= 4 is 17.0 Å². The van der Waals surface area contributed by atoms with Crippen LogP contribution in [0.1, 0.15) is 21.5 Å². The minimum atomic E-state index is -0.900. The summed E-state index contributed by atoms with van der Waals surface area (Å²) in [7, 11) is 0. The molecular weight excluding hydrogens is 240 g/mol. The van der Waals surface area contributed by atoms with E-state index in [-0.39, 0.29) is 0 Å². The average Bonchev–Trinajstić information content (AvgIpc) is 2.83. The smallest absolute Gasteiger partial charge is 0.335 e. The molecule has 0 aliphatic heterocycles. The number of carbonyl (C=O) groups is 1. The van der Waals surface area contributed by atoms with Crippen LogP contribution in [-0.4, -0.2) is 21.0 Å². The van der Waals surface area contributed by atoms with Crippen molar-refractivity contribution in [3.63, 3.8) is 0 Å². The summed E-state index contributed by atoms with van der Waals surface area (Å²) in [6.45, 7) is 0. The Bertz CT molecular complexity index is 729. The molecule has 1 aromatic carbocycles. The molecule has 0 unspecified atom stereocenters. The van der Waals surface area contributed by atoms with Gasteiger partial charge >= 0.3 is 5.97 Å². The molecule has 3 rings (SSSR count). The summed E-state index contributed by atoms with van der Waals surface area (Å²) in [6, 6.07) is 10.9. The number of aromatic amines is 1. The van der Waals surface area contributed by atoms with Crippen molar-refractivity contribution in [3.8, 4) is 0 Å². The quantitative estimate of drug-likeness (QED) is 0.753. The lowest BCUT2D eigenvalue weighted by Gasteiger charge is -2.01. The number of aromatic nitrogens is 2. The van der Waals surface area contributed by atoms with Crippen LogP contribution in [0.25, 0.3) is 11.0 Å². The first-order valence-corrected chi connectivity index (χ1v) is 5.97. The van der Waals surface area contributed by atoms with Crippen LogP contribution in [0.5, 0.6) is 0 Å². The molecular formula is C15H12N2O2. The third-order valence-electron chi connectivity index (χ3n) is 3.13. The highest BCUT2D eigenvalue weighted by Gasteiger charge is 2.06. The van der Waals surface area contributed by atoms with Crippen LogP contribution in [0.3, 0.4) is 0 Å². The minimum absolute atomic E-state index is 0.310. The Morgan fingerprint density at radius 1 is 1.21 bits per heavy atom. The van der Waals surface area contributed by atoms with Crippen molar-refractivity contribution < 1.29 is 9.90 Å². The van der Waals surface area contributed by atoms with Gasteiger partial charge in [0.15, 0.2) is 0 Å². The highest BCUT2D eigenvalue weighted by molar-refractivity contribution is 5.87. The van der Waals surface area contributed by atoms with Crippen LogP contribution in [0, 0.1) is 0 Å². The van der Waals surface area contributed by atoms with E-state index in [2.05, 4.69) is 9.97 Å². The van der Waals surface area contributed by atoms with Crippen molar-refractivity contribution in [2.75, 3.05) is 0 Å². The number of benzene rings is 1. The second-order valence-corrected chi connectivity index (χ2v) is 4.39. The number of nitrogens with zero attached hydrogens (tertiary/aromatic N) is 1. The number of aromatic carboxylic acids is 1. The molecule has 0 atom stereocenters. The molecule has 0 amide bonds. The maximum Gasteiger partial charge on any atom is 0.335 e. The fourth-order valence-corrected chi connectivity index (χ4v) is 2.14. The summed E-state index contributed by atoms with van der Waals surface area (Å²) in [4.78, 5) is 18.2. The van der Waals surface area contributed by atoms with E-state index in [4.69, 9.17) is 5.11 Å². The van der Waals surface area contributed by atoms with Crippen LogP contribution in [-0.2, 0) is 6.42 Å². The molecule has 3 aromatic rings. The van der Waals surface area contributed by atoms with E-state index in [1.165, 1.54) is 0 Å². The van der Waals surface area contributed by atoms with Gasteiger partial charge in [-0.15, -0.1) is 0 Å². The van der Waals surface area contributed by atoms with Crippen LogP contribution < -0.4 is 0 Å². The summed E-state index contributed by atoms with van der Waals surface area (Å²) >= 11 is 0. The molecule has 0 fully saturated rings. The maximum absolute atomic E-state index is 10.8. The summed E-state index contributed by atoms with van der Waals surface area (Å²) < 4.78 is 0. The number of carboxylic acid groups (broad SMARTS) is 1. The zero-order valence-electron chi connectivity index (χ0n) is 10.1. The topological polar surface area (TPSA) is 66.0 Å². The fourth-order valence-electron chi connectivity index (χ4n) is 2.14. The molecule has 19 heavy (non-hydrogen) atoms. The molecule has 0 aliphatic carbocycles. The van der Waals surface area contributed by atoms with Gasteiger partial charge in [0.2, 0.25) is 0 Å². The van der Waals surface area contributed by atoms with Gasteiger partial charge in [-0.3, -0.25) is 0 Å². The molecule has 2 heterocycles. The molecule has 0 radical (unpaired) electrons. The van der Waals surface area contributed by atoms with Crippen molar-refractivity contribution in [3.05, 3.63) is 65.5 Å². The highest BCUT2D eigenvalue weighted by atomic mass is 16.4. The third-order valence-corrected chi connectivity index (χ3v) is 3.13. The van der Waals surface area contributed by atoms with Crippen LogP contribution in [0.4, 0.5) is 0 Å². The van der Waals surface area contributed by atoms with Crippen molar-refractivity contribution in [1.29, 1.82) is 0 Å². The van der Waals surface area contributed by atoms with E-state index < -0.39 is 5.97 Å². The third kappa shape index (κ3) is 2.20. The standard InChI is InChI=1S/C15H12N2O2/c18-15(19)11-5-3-10(4-6-11)8-12-9-17-14-13(12)2-1-7-16-14/h1-7,9H,8H2,(H,16,17)(H,18,19). The van der Waals surface area contributed by atoms with Gasteiger partial charge in [-0.25, -0.2) is 9.78 Å². The van der Waals surface area contributed by atoms with E-state index in [1.807, 2.05) is 30.5 Å². The number of fused-ring (bicyclic) bond motifs is 1. The van der Waals surface area contributed by atoms with Gasteiger partial charge in [0.25, 0.3) is 0 Å². The van der Waals surface area contributed by atoms with Crippen LogP contribution in [0.15, 0.2) is 48.8 Å². The van der Waals surface area contributed by atoms with Crippen LogP contribution in [0.2, 0.25) is 0 Å². The van der Waals surface area contributed by atoms with Gasteiger partial charge in [-0.1, -0.05) is 12.1 Å². The number of H-pyrrole nitrogens is 1. The predicted octanol–water partition coefficient (Wildman–Crippen LogP) is 2.85. The average molecular weight is 252 g/mol. The molecule has 2 aromatic heterocycles. The van der Waals surface area contributed by atoms with Gasteiger partial charge in [-0.2, -0.15) is 0 Å². The molecule has 94 valence electrons. The number of pyridine rings is 1. The lowest BCUT2D eigenvalue weighted by Crippen LogP contribution is -1.96. The fraction of sp³-hybridized carbons (Fsp3) is 0.0667. The van der Waals surface area contributed by atoms with E-state index in [1.54, 1.807) is 18.3 Å². The zero-order chi connectivity index (χ0) is 13.2. The molecule has 0 spiro atoms. The number of nitrogens with one attached hydrogen (secondary N) is 1. The number of hydrogen-bond acceptors (Lipinski definition) is 2. The normalized spacial score (nSPS) is 10.7. The summed E-state index contributed by atoms with van der Waals surface area (Å²) in [5.41, 5.74) is 3.42. The Morgan fingerprint density at radius 3 is 2.74 bits per heavy atom. The SMILES string of the molecule is O=C(O)c1ccc(Cc2c[nH]c3ncccc23)cc1. The largest absolute Gasteiger partial charge is 0.478 e. The van der Waals surface area contributed by atoms with E-state index in [0.29, 0.717) is 5.56 Å². The van der Waals surface area contributed by atoms with Crippen molar-refractivity contribution in [1.82, 2.24) is 9.97 Å². The molecule has 0 bridgehead atoms.